The minimum Gasteiger partial charge on any atom is -0.469 e. The zero-order valence-corrected chi connectivity index (χ0v) is 37.7. The van der Waals surface area contributed by atoms with Crippen molar-refractivity contribution in [3.8, 4) is 0 Å². The average Bonchev–Trinajstić information content (AvgIpc) is 3.23. The van der Waals surface area contributed by atoms with Gasteiger partial charge in [-0.25, -0.2) is 0 Å². The minimum atomic E-state index is -2.43. The van der Waals surface area contributed by atoms with Gasteiger partial charge in [0.05, 0.1) is 70.0 Å². The Morgan fingerprint density at radius 2 is 1.00 bits per heavy atom. The number of carbonyl (C=O) groups is 1. The molecule has 4 aromatic rings. The number of methoxy groups -OCH3 is 2. The monoisotopic (exact) mass is 828 g/mol. The number of esters is 1. The van der Waals surface area contributed by atoms with Crippen molar-refractivity contribution in [2.75, 3.05) is 20.8 Å². The molecule has 0 aliphatic carbocycles. The third-order valence-electron chi connectivity index (χ3n) is 11.4. The lowest BCUT2D eigenvalue weighted by molar-refractivity contribution is -0.185. The quantitative estimate of drug-likeness (QED) is 0.0517. The third-order valence-corrected chi connectivity index (χ3v) is 15.9. The largest absolute Gasteiger partial charge is 0.469 e. The van der Waals surface area contributed by atoms with Gasteiger partial charge in [0, 0.05) is 20.0 Å². The van der Waals surface area contributed by atoms with Crippen LogP contribution in [0.25, 0.3) is 0 Å². The summed E-state index contributed by atoms with van der Waals surface area (Å²) in [6, 6.07) is 39.8. The smallest absolute Gasteiger partial charge is 0.313 e. The Labute approximate surface area is 354 Å². The summed E-state index contributed by atoms with van der Waals surface area (Å²) in [7, 11) is 0.593. The molecular formula is C49H68O9Si. The second kappa shape index (κ2) is 23.3. The second-order valence-electron chi connectivity index (χ2n) is 17.3. The zero-order valence-electron chi connectivity index (χ0n) is 36.7. The highest BCUT2D eigenvalue weighted by molar-refractivity contribution is 6.74. The van der Waals surface area contributed by atoms with Gasteiger partial charge in [-0.3, -0.25) is 4.79 Å². The molecule has 4 rings (SSSR count). The van der Waals surface area contributed by atoms with E-state index in [1.807, 2.05) is 121 Å². The highest BCUT2D eigenvalue weighted by Gasteiger charge is 2.47. The van der Waals surface area contributed by atoms with Gasteiger partial charge >= 0.3 is 5.97 Å². The summed E-state index contributed by atoms with van der Waals surface area (Å²) in [5, 5.41) is 12.1. The van der Waals surface area contributed by atoms with E-state index in [1.165, 1.54) is 7.11 Å². The minimum absolute atomic E-state index is 0.119. The molecule has 1 unspecified atom stereocenters. The summed E-state index contributed by atoms with van der Waals surface area (Å²) in [5.41, 5.74) is 2.66. The Morgan fingerprint density at radius 1 is 0.593 bits per heavy atom. The molecule has 0 radical (unpaired) electrons. The normalized spacial score (nSPS) is 15.5. The number of benzene rings is 4. The van der Waals surface area contributed by atoms with Gasteiger partial charge in [-0.1, -0.05) is 142 Å². The van der Waals surface area contributed by atoms with Gasteiger partial charge in [-0.2, -0.15) is 0 Å². The first-order valence-corrected chi connectivity index (χ1v) is 23.6. The van der Waals surface area contributed by atoms with Crippen LogP contribution >= 0.6 is 0 Å². The van der Waals surface area contributed by atoms with E-state index in [-0.39, 0.29) is 24.9 Å². The summed E-state index contributed by atoms with van der Waals surface area (Å²) in [6.45, 7) is 16.0. The molecule has 322 valence electrons. The fraction of sp³-hybridized carbons (Fsp3) is 0.490. The average molecular weight is 829 g/mol. The lowest BCUT2D eigenvalue weighted by Gasteiger charge is -2.43. The highest BCUT2D eigenvalue weighted by atomic mass is 28.4. The van der Waals surface area contributed by atoms with Crippen molar-refractivity contribution in [3.05, 3.63) is 144 Å². The molecule has 0 aromatic heterocycles. The lowest BCUT2D eigenvalue weighted by Crippen LogP contribution is -2.53. The predicted octanol–water partition coefficient (Wildman–Crippen LogP) is 9.71. The van der Waals surface area contributed by atoms with Crippen LogP contribution in [0, 0.1) is 5.41 Å². The zero-order chi connectivity index (χ0) is 42.9. The maximum Gasteiger partial charge on any atom is 0.313 e. The molecule has 0 heterocycles. The molecule has 0 aliphatic heterocycles. The van der Waals surface area contributed by atoms with E-state index in [0.29, 0.717) is 26.1 Å². The van der Waals surface area contributed by atoms with Gasteiger partial charge in [-0.05, 0) is 54.2 Å². The van der Waals surface area contributed by atoms with Crippen molar-refractivity contribution < 1.29 is 42.7 Å². The van der Waals surface area contributed by atoms with Crippen LogP contribution in [0.5, 0.6) is 0 Å². The van der Waals surface area contributed by atoms with Gasteiger partial charge in [-0.15, -0.1) is 0 Å². The van der Waals surface area contributed by atoms with Crippen LogP contribution in [0.15, 0.2) is 121 Å². The van der Waals surface area contributed by atoms with Crippen LogP contribution in [-0.4, -0.2) is 76.8 Å². The van der Waals surface area contributed by atoms with E-state index in [1.54, 1.807) is 21.0 Å². The van der Waals surface area contributed by atoms with Crippen LogP contribution in [0.1, 0.15) is 69.7 Å². The van der Waals surface area contributed by atoms with Crippen molar-refractivity contribution in [1.82, 2.24) is 0 Å². The number of aliphatic hydroxyl groups is 1. The molecule has 4 aromatic carbocycles. The van der Waals surface area contributed by atoms with Crippen LogP contribution in [-0.2, 0) is 64.1 Å². The van der Waals surface area contributed by atoms with E-state index < -0.39 is 56.3 Å². The summed E-state index contributed by atoms with van der Waals surface area (Å²) < 4.78 is 45.3. The molecular weight excluding hydrogens is 761 g/mol. The van der Waals surface area contributed by atoms with E-state index in [2.05, 4.69) is 33.9 Å². The van der Waals surface area contributed by atoms with E-state index in [0.717, 1.165) is 22.3 Å². The van der Waals surface area contributed by atoms with Gasteiger partial charge in [0.2, 0.25) is 0 Å². The third kappa shape index (κ3) is 15.1. The summed E-state index contributed by atoms with van der Waals surface area (Å²) in [4.78, 5) is 13.2. The summed E-state index contributed by atoms with van der Waals surface area (Å²) >= 11 is 0. The van der Waals surface area contributed by atoms with Crippen molar-refractivity contribution in [2.45, 2.75) is 129 Å². The molecule has 0 fully saturated rings. The van der Waals surface area contributed by atoms with Gasteiger partial charge in [0.15, 0.2) is 8.32 Å². The molecule has 0 saturated carbocycles. The first-order chi connectivity index (χ1) is 28.1. The van der Waals surface area contributed by atoms with Crippen molar-refractivity contribution in [2.24, 2.45) is 5.41 Å². The Kier molecular flexibility index (Phi) is 19.0. The van der Waals surface area contributed by atoms with Crippen LogP contribution in [0.3, 0.4) is 0 Å². The Hall–Kier alpha value is -3.71. The Morgan fingerprint density at radius 3 is 1.42 bits per heavy atom. The predicted molar refractivity (Wildman–Crippen MR) is 235 cm³/mol. The molecule has 6 atom stereocenters. The van der Waals surface area contributed by atoms with Crippen molar-refractivity contribution in [1.29, 1.82) is 0 Å². The fourth-order valence-electron chi connectivity index (χ4n) is 6.65. The number of ether oxygens (including phenoxy) is 6. The Bertz CT molecular complexity index is 1750. The summed E-state index contributed by atoms with van der Waals surface area (Å²) in [6.07, 6.45) is -3.57. The highest BCUT2D eigenvalue weighted by Crippen LogP contribution is 2.40. The number of rotatable bonds is 25. The molecule has 0 amide bonds. The van der Waals surface area contributed by atoms with Gasteiger partial charge in [0.25, 0.3) is 0 Å². The number of aliphatic hydroxyl groups excluding tert-OH is 1. The maximum atomic E-state index is 13.2. The van der Waals surface area contributed by atoms with E-state index >= 15 is 0 Å². The number of hydrogen-bond acceptors (Lipinski definition) is 9. The van der Waals surface area contributed by atoms with Gasteiger partial charge in [0.1, 0.15) is 12.2 Å². The second-order valence-corrected chi connectivity index (χ2v) is 22.1. The molecule has 1 N–H and O–H groups in total. The van der Waals surface area contributed by atoms with Crippen LogP contribution < -0.4 is 0 Å². The topological polar surface area (TPSA) is 102 Å². The molecule has 0 saturated heterocycles. The van der Waals surface area contributed by atoms with E-state index in [4.69, 9.17) is 32.8 Å². The molecule has 0 aliphatic rings. The number of carbonyl (C=O) groups excluding carboxylic acids is 1. The van der Waals surface area contributed by atoms with Crippen molar-refractivity contribution in [3.63, 3.8) is 0 Å². The molecule has 0 spiro atoms. The molecule has 59 heavy (non-hydrogen) atoms. The SMILES string of the molecule is COC(=O)C(C)(C)C(O)[C@@H](OCc1ccccc1)[C@H](C[C@@H](C[C@H](OC)[C@H](COCc1ccccc1)OCc1ccccc1)O[Si](C)(C)C(C)(C)C)OCc1ccccc1. The maximum absolute atomic E-state index is 13.2. The lowest BCUT2D eigenvalue weighted by atomic mass is 9.81. The molecule has 9 nitrogen and oxygen atoms in total. The molecule has 10 heteroatoms. The van der Waals surface area contributed by atoms with Crippen LogP contribution in [0.2, 0.25) is 18.1 Å². The fourth-order valence-corrected chi connectivity index (χ4v) is 8.03. The van der Waals surface area contributed by atoms with Crippen LogP contribution in [0.4, 0.5) is 0 Å². The van der Waals surface area contributed by atoms with Crippen molar-refractivity contribution >= 4 is 14.3 Å². The number of hydrogen-bond donors (Lipinski definition) is 1. The Balaban J connectivity index is 1.74. The first-order valence-electron chi connectivity index (χ1n) is 20.7. The first kappa shape index (κ1) is 48.0. The van der Waals surface area contributed by atoms with E-state index in [9.17, 15) is 9.90 Å². The summed E-state index contributed by atoms with van der Waals surface area (Å²) in [5.74, 6) is -0.553. The van der Waals surface area contributed by atoms with Gasteiger partial charge < -0.3 is 38.0 Å². The molecule has 0 bridgehead atoms. The standard InChI is InChI=1S/C49H68O9Si/c1-48(2,3)59(8,9)58-41(30-42(52-6)44(56-34-39-26-18-12-19-27-39)36-54-32-37-22-14-10-15-23-37)31-43(55-33-38-24-16-11-17-25-38)45(46(50)49(4,5)47(51)53-7)57-35-40-28-20-13-21-29-40/h10-29,41-46,50H,30-36H2,1-9H3/t41-,42+,43+,44+,45+,46?/m1/s1.